The number of hydrogen-bond acceptors (Lipinski definition) is 2. The fourth-order valence-electron chi connectivity index (χ4n) is 3.58. The minimum Gasteiger partial charge on any atom is -0.493 e. The van der Waals surface area contributed by atoms with Gasteiger partial charge in [0.2, 0.25) is 0 Å². The fourth-order valence-corrected chi connectivity index (χ4v) is 6.73. The number of benzene rings is 2. The first-order valence-electron chi connectivity index (χ1n) is 8.34. The van der Waals surface area contributed by atoms with Gasteiger partial charge in [-0.1, -0.05) is 6.07 Å². The van der Waals surface area contributed by atoms with Crippen LogP contribution in [0.15, 0.2) is 65.8 Å². The third-order valence-corrected chi connectivity index (χ3v) is 8.25. The Labute approximate surface area is 150 Å². The fraction of sp³-hybridized carbons (Fsp3) is 0.238. The smallest absolute Gasteiger partial charge is 0.161 e. The standard InChI is InChI=1S/C21H23NO2S/c1-23-20-9-8-19(13-21(20)24-2)25(3)14-16-6-7-18(12-17(16)15-25)22-10-4-5-11-22/h4-13H,14-15H2,1-3H3. The average Bonchev–Trinajstić information content (AvgIpc) is 3.27. The molecule has 3 nitrogen and oxygen atoms in total. The molecule has 1 aromatic heterocycles. The summed E-state index contributed by atoms with van der Waals surface area (Å²) in [6.45, 7) is 0. The van der Waals surface area contributed by atoms with Crippen LogP contribution in [0.4, 0.5) is 0 Å². The second-order valence-corrected chi connectivity index (χ2v) is 10.2. The van der Waals surface area contributed by atoms with Crippen molar-refractivity contribution in [3.05, 3.63) is 72.1 Å². The van der Waals surface area contributed by atoms with Crippen LogP contribution in [0.1, 0.15) is 11.1 Å². The number of fused-ring (bicyclic) bond motifs is 1. The minimum absolute atomic E-state index is 0.791. The number of ether oxygens (including phenoxy) is 2. The van der Waals surface area contributed by atoms with Crippen molar-refractivity contribution < 1.29 is 9.47 Å². The maximum Gasteiger partial charge on any atom is 0.161 e. The Balaban J connectivity index is 1.68. The van der Waals surface area contributed by atoms with E-state index in [2.05, 4.69) is 65.7 Å². The van der Waals surface area contributed by atoms with Crippen molar-refractivity contribution in [2.75, 3.05) is 20.5 Å². The molecular formula is C21H23NO2S. The molecule has 0 N–H and O–H groups in total. The van der Waals surface area contributed by atoms with Gasteiger partial charge in [0.25, 0.3) is 0 Å². The van der Waals surface area contributed by atoms with E-state index >= 15 is 0 Å². The average molecular weight is 353 g/mol. The van der Waals surface area contributed by atoms with Crippen LogP contribution in [0.2, 0.25) is 0 Å². The molecular weight excluding hydrogens is 330 g/mol. The molecule has 1 aliphatic heterocycles. The second-order valence-electron chi connectivity index (χ2n) is 6.62. The SMILES string of the molecule is COc1ccc(S2(C)Cc3ccc(-n4cccc4)cc3C2)cc1OC. The van der Waals surface area contributed by atoms with Gasteiger partial charge in [0.05, 0.1) is 14.2 Å². The molecule has 25 heavy (non-hydrogen) atoms. The lowest BCUT2D eigenvalue weighted by Crippen LogP contribution is -1.99. The Morgan fingerprint density at radius 2 is 1.56 bits per heavy atom. The first-order chi connectivity index (χ1) is 12.1. The van der Waals surface area contributed by atoms with Crippen molar-refractivity contribution in [2.45, 2.75) is 16.4 Å². The summed E-state index contributed by atoms with van der Waals surface area (Å²) in [6, 6.07) is 17.4. The summed E-state index contributed by atoms with van der Waals surface area (Å²) >= 11 is 0. The van der Waals surface area contributed by atoms with E-state index in [1.54, 1.807) is 14.2 Å². The molecule has 0 spiro atoms. The zero-order valence-electron chi connectivity index (χ0n) is 14.9. The topological polar surface area (TPSA) is 23.4 Å². The summed E-state index contributed by atoms with van der Waals surface area (Å²) < 4.78 is 13.1. The molecule has 0 saturated heterocycles. The van der Waals surface area contributed by atoms with Gasteiger partial charge in [-0.3, -0.25) is 0 Å². The molecule has 4 rings (SSSR count). The molecule has 3 aromatic rings. The molecule has 0 radical (unpaired) electrons. The number of hydrogen-bond donors (Lipinski definition) is 0. The van der Waals surface area contributed by atoms with E-state index < -0.39 is 10.0 Å². The normalized spacial score (nSPS) is 21.4. The molecule has 2 heterocycles. The Kier molecular flexibility index (Phi) is 4.00. The Hall–Kier alpha value is -2.33. The summed E-state index contributed by atoms with van der Waals surface area (Å²) in [4.78, 5) is 1.38. The van der Waals surface area contributed by atoms with Gasteiger partial charge in [0.15, 0.2) is 11.5 Å². The zero-order chi connectivity index (χ0) is 17.4. The first kappa shape index (κ1) is 16.2. The maximum atomic E-state index is 5.51. The minimum atomic E-state index is -0.930. The molecule has 1 unspecified atom stereocenters. The lowest BCUT2D eigenvalue weighted by atomic mass is 10.1. The molecule has 0 amide bonds. The van der Waals surface area contributed by atoms with Gasteiger partial charge in [0.1, 0.15) is 0 Å². The molecule has 0 fully saturated rings. The van der Waals surface area contributed by atoms with Crippen molar-refractivity contribution in [2.24, 2.45) is 0 Å². The predicted octanol–water partition coefficient (Wildman–Crippen LogP) is 5.00. The highest BCUT2D eigenvalue weighted by Crippen LogP contribution is 2.63. The molecule has 1 atom stereocenters. The first-order valence-corrected chi connectivity index (χ1v) is 10.7. The lowest BCUT2D eigenvalue weighted by molar-refractivity contribution is 0.354. The highest BCUT2D eigenvalue weighted by atomic mass is 32.3. The lowest BCUT2D eigenvalue weighted by Gasteiger charge is -2.31. The third kappa shape index (κ3) is 2.81. The van der Waals surface area contributed by atoms with Crippen LogP contribution >= 0.6 is 10.0 Å². The predicted molar refractivity (Wildman–Crippen MR) is 105 cm³/mol. The summed E-state index contributed by atoms with van der Waals surface area (Å²) in [5.41, 5.74) is 4.18. The van der Waals surface area contributed by atoms with Gasteiger partial charge in [-0.25, -0.2) is 10.0 Å². The van der Waals surface area contributed by atoms with E-state index in [9.17, 15) is 0 Å². The Bertz CT molecular complexity index is 904. The molecule has 2 aromatic carbocycles. The van der Waals surface area contributed by atoms with Crippen molar-refractivity contribution in [1.29, 1.82) is 0 Å². The summed E-state index contributed by atoms with van der Waals surface area (Å²) in [5, 5.41) is 0. The van der Waals surface area contributed by atoms with Crippen LogP contribution in [0.5, 0.6) is 11.5 Å². The number of methoxy groups -OCH3 is 2. The van der Waals surface area contributed by atoms with Crippen molar-refractivity contribution in [3.8, 4) is 17.2 Å². The summed E-state index contributed by atoms with van der Waals surface area (Å²) in [6.07, 6.45) is 6.61. The highest BCUT2D eigenvalue weighted by Gasteiger charge is 2.31. The van der Waals surface area contributed by atoms with Gasteiger partial charge in [-0.15, -0.1) is 0 Å². The number of rotatable bonds is 4. The van der Waals surface area contributed by atoms with Crippen molar-refractivity contribution in [3.63, 3.8) is 0 Å². The van der Waals surface area contributed by atoms with Crippen LogP contribution in [0.25, 0.3) is 5.69 Å². The van der Waals surface area contributed by atoms with Gasteiger partial charge >= 0.3 is 0 Å². The number of aromatic nitrogens is 1. The van der Waals surface area contributed by atoms with Gasteiger partial charge in [0, 0.05) is 29.6 Å². The van der Waals surface area contributed by atoms with E-state index in [0.29, 0.717) is 0 Å². The van der Waals surface area contributed by atoms with Crippen LogP contribution in [0.3, 0.4) is 0 Å². The molecule has 130 valence electrons. The monoisotopic (exact) mass is 353 g/mol. The van der Waals surface area contributed by atoms with Crippen LogP contribution in [-0.4, -0.2) is 25.0 Å². The molecule has 0 aliphatic carbocycles. The van der Waals surface area contributed by atoms with Crippen LogP contribution < -0.4 is 9.47 Å². The molecule has 0 saturated carbocycles. The molecule has 1 aliphatic rings. The molecule has 0 bridgehead atoms. The molecule has 4 heteroatoms. The maximum absolute atomic E-state index is 5.51. The third-order valence-electron chi connectivity index (χ3n) is 4.96. The quantitative estimate of drug-likeness (QED) is 0.659. The van der Waals surface area contributed by atoms with Crippen molar-refractivity contribution in [1.82, 2.24) is 4.57 Å². The van der Waals surface area contributed by atoms with Crippen LogP contribution in [0, 0.1) is 0 Å². The Morgan fingerprint density at radius 3 is 2.28 bits per heavy atom. The van der Waals surface area contributed by atoms with Gasteiger partial charge < -0.3 is 14.0 Å². The van der Waals surface area contributed by atoms with Crippen molar-refractivity contribution >= 4 is 10.0 Å². The van der Waals surface area contributed by atoms with E-state index in [1.165, 1.54) is 21.7 Å². The number of nitrogens with zero attached hydrogens (tertiary/aromatic N) is 1. The van der Waals surface area contributed by atoms with Crippen LogP contribution in [-0.2, 0) is 11.5 Å². The second kappa shape index (κ2) is 6.19. The summed E-state index contributed by atoms with van der Waals surface area (Å²) in [5.74, 6) is 3.86. The Morgan fingerprint density at radius 1 is 0.840 bits per heavy atom. The highest BCUT2D eigenvalue weighted by molar-refractivity contribution is 8.32. The zero-order valence-corrected chi connectivity index (χ0v) is 15.7. The van der Waals surface area contributed by atoms with Gasteiger partial charge in [-0.2, -0.15) is 0 Å². The van der Waals surface area contributed by atoms with E-state index in [0.717, 1.165) is 23.0 Å². The van der Waals surface area contributed by atoms with E-state index in [4.69, 9.17) is 9.47 Å². The largest absolute Gasteiger partial charge is 0.493 e. The van der Waals surface area contributed by atoms with E-state index in [1.807, 2.05) is 6.07 Å². The summed E-state index contributed by atoms with van der Waals surface area (Å²) in [7, 11) is 2.45. The van der Waals surface area contributed by atoms with Gasteiger partial charge in [-0.05, 0) is 64.7 Å². The van der Waals surface area contributed by atoms with E-state index in [-0.39, 0.29) is 0 Å².